The Morgan fingerprint density at radius 1 is 1.14 bits per heavy atom. The first kappa shape index (κ1) is 14.6. The summed E-state index contributed by atoms with van der Waals surface area (Å²) in [5, 5.41) is 6.69. The van der Waals surface area contributed by atoms with Gasteiger partial charge in [0.1, 0.15) is 0 Å². The smallest absolute Gasteiger partial charge is 0.237 e. The summed E-state index contributed by atoms with van der Waals surface area (Å²) in [6, 6.07) is 8.70. The minimum atomic E-state index is -0.0737. The van der Waals surface area contributed by atoms with Crippen molar-refractivity contribution in [3.8, 4) is 0 Å². The molecule has 1 aromatic rings. The van der Waals surface area contributed by atoms with Crippen molar-refractivity contribution < 1.29 is 4.79 Å². The third-order valence-electron chi connectivity index (χ3n) is 5.09. The van der Waals surface area contributed by atoms with Crippen molar-refractivity contribution in [1.82, 2.24) is 10.6 Å². The molecule has 0 aromatic heterocycles. The molecule has 3 unspecified atom stereocenters. The summed E-state index contributed by atoms with van der Waals surface area (Å²) in [7, 11) is 0. The molecule has 0 bridgehead atoms. The number of hydrogen-bond donors (Lipinski definition) is 2. The molecule has 3 nitrogen and oxygen atoms in total. The van der Waals surface area contributed by atoms with Crippen LogP contribution in [0.4, 0.5) is 0 Å². The van der Waals surface area contributed by atoms with E-state index in [-0.39, 0.29) is 11.9 Å². The lowest BCUT2D eigenvalue weighted by Gasteiger charge is -2.29. The van der Waals surface area contributed by atoms with Crippen LogP contribution < -0.4 is 10.6 Å². The third-order valence-corrected chi connectivity index (χ3v) is 5.09. The lowest BCUT2D eigenvalue weighted by Crippen LogP contribution is -2.51. The summed E-state index contributed by atoms with van der Waals surface area (Å²) in [5.41, 5.74) is 2.63. The van der Waals surface area contributed by atoms with E-state index >= 15 is 0 Å². The fourth-order valence-electron chi connectivity index (χ4n) is 3.63. The molecule has 0 spiro atoms. The Hall–Kier alpha value is -1.35. The first-order valence-electron chi connectivity index (χ1n) is 8.34. The number of amides is 1. The van der Waals surface area contributed by atoms with E-state index in [0.717, 1.165) is 19.4 Å². The van der Waals surface area contributed by atoms with Crippen molar-refractivity contribution in [2.75, 3.05) is 0 Å². The lowest BCUT2D eigenvalue weighted by atomic mass is 9.93. The highest BCUT2D eigenvalue weighted by molar-refractivity contribution is 5.82. The number of carbonyl (C=O) groups is 1. The van der Waals surface area contributed by atoms with Gasteiger partial charge in [-0.1, -0.05) is 50.5 Å². The van der Waals surface area contributed by atoms with Crippen molar-refractivity contribution in [1.29, 1.82) is 0 Å². The molecule has 1 fully saturated rings. The Balaban J connectivity index is 1.61. The van der Waals surface area contributed by atoms with E-state index in [4.69, 9.17) is 0 Å². The number of rotatable bonds is 2. The summed E-state index contributed by atoms with van der Waals surface area (Å²) in [5.74, 6) is 0.788. The van der Waals surface area contributed by atoms with Crippen LogP contribution in [0.25, 0.3) is 0 Å². The Bertz CT molecular complexity index is 500. The molecule has 1 saturated carbocycles. The van der Waals surface area contributed by atoms with Gasteiger partial charge in [0.2, 0.25) is 5.91 Å². The van der Waals surface area contributed by atoms with Crippen LogP contribution in [0.1, 0.15) is 50.2 Å². The molecule has 114 valence electrons. The zero-order valence-electron chi connectivity index (χ0n) is 12.9. The van der Waals surface area contributed by atoms with Crippen molar-refractivity contribution in [2.24, 2.45) is 5.92 Å². The van der Waals surface area contributed by atoms with Gasteiger partial charge in [0.25, 0.3) is 0 Å². The number of fused-ring (bicyclic) bond motifs is 1. The zero-order chi connectivity index (χ0) is 14.7. The minimum Gasteiger partial charge on any atom is -0.352 e. The van der Waals surface area contributed by atoms with Gasteiger partial charge in [-0.25, -0.2) is 0 Å². The monoisotopic (exact) mass is 286 g/mol. The average Bonchev–Trinajstić information content (AvgIpc) is 2.72. The standard InChI is InChI=1S/C18H26N2O/c1-13-7-3-2-4-10-16(13)20-18(21)17-11-14-8-5-6-9-15(14)12-19-17/h5-6,8-9,13,16-17,19H,2-4,7,10-12H2,1H3,(H,20,21). The first-order valence-corrected chi connectivity index (χ1v) is 8.34. The maximum absolute atomic E-state index is 12.6. The predicted octanol–water partition coefficient (Wildman–Crippen LogP) is 2.79. The van der Waals surface area contributed by atoms with Crippen LogP contribution >= 0.6 is 0 Å². The van der Waals surface area contributed by atoms with Crippen LogP contribution in [0, 0.1) is 5.92 Å². The Morgan fingerprint density at radius 3 is 2.76 bits per heavy atom. The maximum atomic E-state index is 12.6. The highest BCUT2D eigenvalue weighted by atomic mass is 16.2. The predicted molar refractivity (Wildman–Crippen MR) is 85.0 cm³/mol. The molecule has 3 rings (SSSR count). The van der Waals surface area contributed by atoms with Gasteiger partial charge in [-0.2, -0.15) is 0 Å². The fraction of sp³-hybridized carbons (Fsp3) is 0.611. The van der Waals surface area contributed by atoms with Crippen molar-refractivity contribution in [3.05, 3.63) is 35.4 Å². The molecule has 1 aromatic carbocycles. The molecule has 2 aliphatic rings. The molecule has 0 saturated heterocycles. The van der Waals surface area contributed by atoms with Gasteiger partial charge < -0.3 is 10.6 Å². The van der Waals surface area contributed by atoms with Crippen LogP contribution in [0.15, 0.2) is 24.3 Å². The Morgan fingerprint density at radius 2 is 1.90 bits per heavy atom. The zero-order valence-corrected chi connectivity index (χ0v) is 12.9. The van der Waals surface area contributed by atoms with E-state index < -0.39 is 0 Å². The lowest BCUT2D eigenvalue weighted by molar-refractivity contribution is -0.124. The summed E-state index contributed by atoms with van der Waals surface area (Å²) in [4.78, 5) is 12.6. The number of nitrogens with one attached hydrogen (secondary N) is 2. The molecule has 1 amide bonds. The molecule has 1 aliphatic heterocycles. The van der Waals surface area contributed by atoms with E-state index in [1.54, 1.807) is 0 Å². The topological polar surface area (TPSA) is 41.1 Å². The second-order valence-electron chi connectivity index (χ2n) is 6.64. The van der Waals surface area contributed by atoms with E-state index in [1.165, 1.54) is 36.8 Å². The highest BCUT2D eigenvalue weighted by Crippen LogP contribution is 2.23. The van der Waals surface area contributed by atoms with Gasteiger partial charge in [0.05, 0.1) is 6.04 Å². The Kier molecular flexibility index (Phi) is 4.59. The minimum absolute atomic E-state index is 0.0737. The van der Waals surface area contributed by atoms with Crippen molar-refractivity contribution in [2.45, 2.75) is 64.1 Å². The first-order chi connectivity index (χ1) is 10.2. The number of benzene rings is 1. The molecule has 1 heterocycles. The maximum Gasteiger partial charge on any atom is 0.237 e. The van der Waals surface area contributed by atoms with Gasteiger partial charge in [0.15, 0.2) is 0 Å². The van der Waals surface area contributed by atoms with Crippen LogP contribution in [0.3, 0.4) is 0 Å². The number of hydrogen-bond acceptors (Lipinski definition) is 2. The van der Waals surface area contributed by atoms with Crippen molar-refractivity contribution >= 4 is 5.91 Å². The average molecular weight is 286 g/mol. The molecule has 2 N–H and O–H groups in total. The van der Waals surface area contributed by atoms with Crippen LogP contribution in [-0.4, -0.2) is 18.0 Å². The summed E-state index contributed by atoms with van der Waals surface area (Å²) < 4.78 is 0. The Labute approximate surface area is 127 Å². The van der Waals surface area contributed by atoms with Crippen LogP contribution in [0.5, 0.6) is 0 Å². The van der Waals surface area contributed by atoms with Crippen molar-refractivity contribution in [3.63, 3.8) is 0 Å². The molecular formula is C18H26N2O. The summed E-state index contributed by atoms with van der Waals surface area (Å²) in [6.07, 6.45) is 7.05. The van der Waals surface area contributed by atoms with Crippen LogP contribution in [-0.2, 0) is 17.8 Å². The van der Waals surface area contributed by atoms with E-state index in [2.05, 4.69) is 41.8 Å². The molecule has 0 radical (unpaired) electrons. The van der Waals surface area contributed by atoms with Gasteiger partial charge in [-0.15, -0.1) is 0 Å². The SMILES string of the molecule is CC1CCCCCC1NC(=O)C1Cc2ccccc2CN1. The molecule has 3 heteroatoms. The summed E-state index contributed by atoms with van der Waals surface area (Å²) >= 11 is 0. The van der Waals surface area contributed by atoms with E-state index in [0.29, 0.717) is 12.0 Å². The fourth-order valence-corrected chi connectivity index (χ4v) is 3.63. The third kappa shape index (κ3) is 3.46. The van der Waals surface area contributed by atoms with Gasteiger partial charge >= 0.3 is 0 Å². The highest BCUT2D eigenvalue weighted by Gasteiger charge is 2.27. The molecule has 21 heavy (non-hydrogen) atoms. The van der Waals surface area contributed by atoms with Gasteiger partial charge in [0, 0.05) is 12.6 Å². The molecule has 3 atom stereocenters. The van der Waals surface area contributed by atoms with E-state index in [9.17, 15) is 4.79 Å². The summed E-state index contributed by atoms with van der Waals surface area (Å²) in [6.45, 7) is 3.08. The largest absolute Gasteiger partial charge is 0.352 e. The number of carbonyl (C=O) groups excluding carboxylic acids is 1. The second-order valence-corrected chi connectivity index (χ2v) is 6.64. The normalized spacial score (nSPS) is 29.3. The molecule has 1 aliphatic carbocycles. The van der Waals surface area contributed by atoms with Gasteiger partial charge in [-0.05, 0) is 36.3 Å². The van der Waals surface area contributed by atoms with Crippen LogP contribution in [0.2, 0.25) is 0 Å². The molecular weight excluding hydrogens is 260 g/mol. The quantitative estimate of drug-likeness (QED) is 0.821. The second kappa shape index (κ2) is 6.61. The van der Waals surface area contributed by atoms with Gasteiger partial charge in [-0.3, -0.25) is 4.79 Å². The van der Waals surface area contributed by atoms with E-state index in [1.807, 2.05) is 0 Å².